The molecule has 2 aromatic carbocycles. The van der Waals surface area contributed by atoms with Gasteiger partial charge in [-0.25, -0.2) is 17.2 Å². The molecule has 0 saturated carbocycles. The number of hydrogen-bond acceptors (Lipinski definition) is 4. The molecule has 0 aliphatic carbocycles. The molecule has 0 N–H and O–H groups in total. The molecule has 4 rings (SSSR count). The zero-order valence-corrected chi connectivity index (χ0v) is 17.1. The number of halogens is 2. The Morgan fingerprint density at radius 3 is 2.40 bits per heavy atom. The van der Waals surface area contributed by atoms with Gasteiger partial charge in [0.25, 0.3) is 5.91 Å². The zero-order valence-electron chi connectivity index (χ0n) is 16.3. The van der Waals surface area contributed by atoms with Gasteiger partial charge in [-0.3, -0.25) is 4.79 Å². The van der Waals surface area contributed by atoms with Crippen LogP contribution in [0.25, 0.3) is 11.0 Å². The number of benzene rings is 2. The summed E-state index contributed by atoms with van der Waals surface area (Å²) < 4.78 is 59.3. The summed E-state index contributed by atoms with van der Waals surface area (Å²) in [5, 5.41) is 0.536. The molecule has 1 aliphatic rings. The molecule has 0 radical (unpaired) electrons. The second-order valence-electron chi connectivity index (χ2n) is 7.20. The van der Waals surface area contributed by atoms with Crippen LogP contribution in [0.4, 0.5) is 8.78 Å². The van der Waals surface area contributed by atoms with Crippen LogP contribution in [0.1, 0.15) is 22.5 Å². The van der Waals surface area contributed by atoms with Crippen LogP contribution in [0.3, 0.4) is 0 Å². The van der Waals surface area contributed by atoms with Crippen LogP contribution in [0.15, 0.2) is 51.8 Å². The molecule has 0 atom stereocenters. The normalized spacial score (nSPS) is 16.0. The highest BCUT2D eigenvalue weighted by atomic mass is 32.2. The topological polar surface area (TPSA) is 70.8 Å². The Morgan fingerprint density at radius 1 is 0.967 bits per heavy atom. The summed E-state index contributed by atoms with van der Waals surface area (Å²) >= 11 is 0. The number of fused-ring (bicyclic) bond motifs is 1. The molecule has 1 amide bonds. The second-order valence-corrected chi connectivity index (χ2v) is 9.14. The van der Waals surface area contributed by atoms with Gasteiger partial charge in [0.15, 0.2) is 5.76 Å². The number of sulfonamides is 1. The molecule has 1 aromatic heterocycles. The van der Waals surface area contributed by atoms with Crippen molar-refractivity contribution in [1.82, 2.24) is 9.21 Å². The van der Waals surface area contributed by atoms with Crippen molar-refractivity contribution in [2.24, 2.45) is 0 Å². The fraction of sp³-hybridized carbons (Fsp3) is 0.286. The van der Waals surface area contributed by atoms with Crippen molar-refractivity contribution in [3.05, 3.63) is 65.4 Å². The van der Waals surface area contributed by atoms with E-state index in [0.717, 1.165) is 12.1 Å². The Balaban J connectivity index is 1.54. The molecule has 6 nitrogen and oxygen atoms in total. The lowest BCUT2D eigenvalue weighted by atomic mass is 10.1. The molecule has 1 saturated heterocycles. The van der Waals surface area contributed by atoms with Crippen LogP contribution in [0.2, 0.25) is 0 Å². The van der Waals surface area contributed by atoms with Gasteiger partial charge in [-0.15, -0.1) is 0 Å². The lowest BCUT2D eigenvalue weighted by Crippen LogP contribution is -2.37. The van der Waals surface area contributed by atoms with Crippen molar-refractivity contribution in [3.63, 3.8) is 0 Å². The van der Waals surface area contributed by atoms with Crippen molar-refractivity contribution in [2.75, 3.05) is 26.2 Å². The number of furan rings is 1. The van der Waals surface area contributed by atoms with Gasteiger partial charge in [0.2, 0.25) is 10.0 Å². The third-order valence-corrected chi connectivity index (χ3v) is 7.20. The predicted octanol–water partition coefficient (Wildman–Crippen LogP) is 3.56. The number of nitrogens with zero attached hydrogens (tertiary/aromatic N) is 2. The molecule has 0 bridgehead atoms. The fourth-order valence-electron chi connectivity index (χ4n) is 3.63. The van der Waals surface area contributed by atoms with Gasteiger partial charge in [0.05, 0.1) is 4.90 Å². The highest BCUT2D eigenvalue weighted by Gasteiger charge is 2.30. The SMILES string of the molecule is Cc1c(C(=O)N2CCCN(S(=O)(=O)c3ccc(F)cc3)CC2)oc2ccc(F)cc12. The molecule has 3 aromatic rings. The van der Waals surface area contributed by atoms with Crippen LogP contribution in [-0.4, -0.2) is 49.7 Å². The number of rotatable bonds is 3. The second kappa shape index (κ2) is 7.81. The smallest absolute Gasteiger partial charge is 0.289 e. The van der Waals surface area contributed by atoms with E-state index in [-0.39, 0.29) is 36.2 Å². The summed E-state index contributed by atoms with van der Waals surface area (Å²) in [6.07, 6.45) is 0.445. The van der Waals surface area contributed by atoms with E-state index >= 15 is 0 Å². The maximum absolute atomic E-state index is 13.5. The Labute approximate surface area is 172 Å². The third-order valence-electron chi connectivity index (χ3n) is 5.29. The summed E-state index contributed by atoms with van der Waals surface area (Å²) in [6, 6.07) is 8.74. The standard InChI is InChI=1S/C21H20F2N2O4S/c1-14-18-13-16(23)5-8-19(18)29-20(14)21(26)24-9-2-10-25(12-11-24)30(27,28)17-6-3-15(22)4-7-17/h3-8,13H,2,9-12H2,1H3. The molecule has 30 heavy (non-hydrogen) atoms. The van der Waals surface area contributed by atoms with Gasteiger partial charge >= 0.3 is 0 Å². The van der Waals surface area contributed by atoms with E-state index in [1.54, 1.807) is 11.8 Å². The van der Waals surface area contributed by atoms with Crippen molar-refractivity contribution < 1.29 is 26.4 Å². The Hall–Kier alpha value is -2.78. The van der Waals surface area contributed by atoms with Crippen LogP contribution >= 0.6 is 0 Å². The van der Waals surface area contributed by atoms with E-state index in [9.17, 15) is 22.0 Å². The van der Waals surface area contributed by atoms with Crippen molar-refractivity contribution in [3.8, 4) is 0 Å². The third kappa shape index (κ3) is 3.70. The van der Waals surface area contributed by atoms with E-state index in [0.29, 0.717) is 29.5 Å². The Morgan fingerprint density at radius 2 is 1.67 bits per heavy atom. The van der Waals surface area contributed by atoms with E-state index in [4.69, 9.17) is 4.42 Å². The minimum Gasteiger partial charge on any atom is -0.451 e. The Kier molecular flexibility index (Phi) is 5.33. The highest BCUT2D eigenvalue weighted by molar-refractivity contribution is 7.89. The first-order valence-electron chi connectivity index (χ1n) is 9.51. The largest absolute Gasteiger partial charge is 0.451 e. The fourth-order valence-corrected chi connectivity index (χ4v) is 5.10. The summed E-state index contributed by atoms with van der Waals surface area (Å²) in [7, 11) is -3.79. The molecular weight excluding hydrogens is 414 g/mol. The molecule has 158 valence electrons. The van der Waals surface area contributed by atoms with Gasteiger partial charge in [0.1, 0.15) is 17.2 Å². The van der Waals surface area contributed by atoms with Crippen LogP contribution in [0.5, 0.6) is 0 Å². The van der Waals surface area contributed by atoms with Crippen molar-refractivity contribution >= 4 is 26.9 Å². The predicted molar refractivity (Wildman–Crippen MR) is 107 cm³/mol. The van der Waals surface area contributed by atoms with Crippen LogP contribution in [-0.2, 0) is 10.0 Å². The maximum Gasteiger partial charge on any atom is 0.289 e. The van der Waals surface area contributed by atoms with E-state index in [1.807, 2.05) is 0 Å². The van der Waals surface area contributed by atoms with E-state index in [1.165, 1.54) is 34.6 Å². The van der Waals surface area contributed by atoms with Crippen molar-refractivity contribution in [1.29, 1.82) is 0 Å². The van der Waals surface area contributed by atoms with Gasteiger partial charge in [-0.2, -0.15) is 4.31 Å². The summed E-state index contributed by atoms with van der Waals surface area (Å²) in [4.78, 5) is 14.6. The van der Waals surface area contributed by atoms with Gasteiger partial charge in [-0.1, -0.05) is 0 Å². The van der Waals surface area contributed by atoms with E-state index in [2.05, 4.69) is 0 Å². The molecular formula is C21H20F2N2O4S. The molecule has 9 heteroatoms. The molecule has 0 spiro atoms. The number of amides is 1. The summed E-state index contributed by atoms with van der Waals surface area (Å²) in [5.41, 5.74) is 0.974. The lowest BCUT2D eigenvalue weighted by Gasteiger charge is -2.21. The van der Waals surface area contributed by atoms with Gasteiger partial charge in [0, 0.05) is 37.1 Å². The monoisotopic (exact) mass is 434 g/mol. The van der Waals surface area contributed by atoms with Crippen LogP contribution in [0, 0.1) is 18.6 Å². The zero-order chi connectivity index (χ0) is 21.5. The summed E-state index contributed by atoms with van der Waals surface area (Å²) in [5.74, 6) is -1.15. The average molecular weight is 434 g/mol. The highest BCUT2D eigenvalue weighted by Crippen LogP contribution is 2.27. The number of aryl methyl sites for hydroxylation is 1. The van der Waals surface area contributed by atoms with E-state index < -0.39 is 21.7 Å². The number of carbonyl (C=O) groups is 1. The number of carbonyl (C=O) groups excluding carboxylic acids is 1. The minimum atomic E-state index is -3.79. The van der Waals surface area contributed by atoms with Gasteiger partial charge in [-0.05, 0) is 55.8 Å². The van der Waals surface area contributed by atoms with Gasteiger partial charge < -0.3 is 9.32 Å². The maximum atomic E-state index is 13.5. The minimum absolute atomic E-state index is 0.0128. The Bertz CT molecular complexity index is 1210. The lowest BCUT2D eigenvalue weighted by molar-refractivity contribution is 0.0733. The number of hydrogen-bond donors (Lipinski definition) is 0. The van der Waals surface area contributed by atoms with Crippen LogP contribution < -0.4 is 0 Å². The first-order valence-corrected chi connectivity index (χ1v) is 10.9. The van der Waals surface area contributed by atoms with Crippen molar-refractivity contribution in [2.45, 2.75) is 18.2 Å². The first-order chi connectivity index (χ1) is 14.3. The summed E-state index contributed by atoms with van der Waals surface area (Å²) in [6.45, 7) is 2.60. The molecule has 1 fully saturated rings. The molecule has 1 aliphatic heterocycles. The molecule has 2 heterocycles. The first kappa shape index (κ1) is 20.5. The average Bonchev–Trinajstić information content (AvgIpc) is 2.90. The quantitative estimate of drug-likeness (QED) is 0.632. The molecule has 0 unspecified atom stereocenters.